The van der Waals surface area contributed by atoms with E-state index in [1.54, 1.807) is 32.6 Å². The molecule has 1 aromatic carbocycles. The summed E-state index contributed by atoms with van der Waals surface area (Å²) in [5.41, 5.74) is -1.21. The van der Waals surface area contributed by atoms with Crippen molar-refractivity contribution in [1.82, 2.24) is 9.80 Å². The fraction of sp³-hybridized carbons (Fsp3) is 0.556. The van der Waals surface area contributed by atoms with Crippen LogP contribution in [-0.2, 0) is 10.9 Å². The van der Waals surface area contributed by atoms with Crippen LogP contribution in [0.25, 0.3) is 0 Å². The van der Waals surface area contributed by atoms with Crippen molar-refractivity contribution in [2.45, 2.75) is 45.5 Å². The highest BCUT2D eigenvalue weighted by Crippen LogP contribution is 2.29. The molecule has 1 atom stereocenters. The van der Waals surface area contributed by atoms with Crippen LogP contribution in [0.3, 0.4) is 0 Å². The van der Waals surface area contributed by atoms with Crippen molar-refractivity contribution in [3.63, 3.8) is 0 Å². The molecule has 8 heteroatoms. The highest BCUT2D eigenvalue weighted by molar-refractivity contribution is 5.94. The Kier molecular flexibility index (Phi) is 5.53. The summed E-state index contributed by atoms with van der Waals surface area (Å²) >= 11 is 0. The Morgan fingerprint density at radius 3 is 2.12 bits per heavy atom. The van der Waals surface area contributed by atoms with Crippen LogP contribution >= 0.6 is 0 Å². The van der Waals surface area contributed by atoms with Gasteiger partial charge in [0.05, 0.1) is 5.56 Å². The van der Waals surface area contributed by atoms with E-state index in [-0.39, 0.29) is 17.5 Å². The monoisotopic (exact) mass is 372 g/mol. The number of alkyl halides is 3. The Bertz CT molecular complexity index is 666. The van der Waals surface area contributed by atoms with Crippen LogP contribution in [0, 0.1) is 0 Å². The van der Waals surface area contributed by atoms with E-state index >= 15 is 0 Å². The van der Waals surface area contributed by atoms with Crippen molar-refractivity contribution in [2.24, 2.45) is 0 Å². The van der Waals surface area contributed by atoms with Crippen LogP contribution < -0.4 is 0 Å². The number of nitrogens with zero attached hydrogens (tertiary/aromatic N) is 2. The first-order chi connectivity index (χ1) is 11.9. The molecular weight excluding hydrogens is 349 g/mol. The largest absolute Gasteiger partial charge is 0.444 e. The highest BCUT2D eigenvalue weighted by Gasteiger charge is 2.34. The number of ether oxygens (including phenoxy) is 1. The summed E-state index contributed by atoms with van der Waals surface area (Å²) in [5, 5.41) is 0. The maximum absolute atomic E-state index is 12.6. The van der Waals surface area contributed by atoms with E-state index in [1.807, 2.05) is 0 Å². The maximum atomic E-state index is 12.6. The number of hydrogen-bond donors (Lipinski definition) is 0. The zero-order valence-electron chi connectivity index (χ0n) is 15.3. The van der Waals surface area contributed by atoms with Gasteiger partial charge in [-0.3, -0.25) is 4.79 Å². The van der Waals surface area contributed by atoms with Gasteiger partial charge in [0.25, 0.3) is 5.91 Å². The second-order valence-electron chi connectivity index (χ2n) is 7.35. The van der Waals surface area contributed by atoms with Gasteiger partial charge in [0.2, 0.25) is 0 Å². The predicted molar refractivity (Wildman–Crippen MR) is 89.7 cm³/mol. The minimum Gasteiger partial charge on any atom is -0.444 e. The van der Waals surface area contributed by atoms with Gasteiger partial charge >= 0.3 is 12.3 Å². The summed E-state index contributed by atoms with van der Waals surface area (Å²) in [6.07, 6.45) is -4.87. The molecular formula is C18H23F3N2O3. The zero-order valence-corrected chi connectivity index (χ0v) is 15.3. The minimum absolute atomic E-state index is 0.191. The van der Waals surface area contributed by atoms with Gasteiger partial charge in [-0.05, 0) is 52.0 Å². The van der Waals surface area contributed by atoms with E-state index in [0.717, 1.165) is 12.1 Å². The van der Waals surface area contributed by atoms with Gasteiger partial charge in [-0.2, -0.15) is 13.2 Å². The molecule has 1 fully saturated rings. The average molecular weight is 372 g/mol. The van der Waals surface area contributed by atoms with Gasteiger partial charge in [0.15, 0.2) is 0 Å². The topological polar surface area (TPSA) is 49.9 Å². The van der Waals surface area contributed by atoms with Crippen molar-refractivity contribution in [1.29, 1.82) is 0 Å². The second kappa shape index (κ2) is 7.17. The molecule has 144 valence electrons. The summed E-state index contributed by atoms with van der Waals surface area (Å²) < 4.78 is 43.2. The molecule has 0 spiro atoms. The van der Waals surface area contributed by atoms with E-state index < -0.39 is 23.4 Å². The molecule has 1 aliphatic rings. The average Bonchev–Trinajstić information content (AvgIpc) is 2.51. The van der Waals surface area contributed by atoms with E-state index in [1.165, 1.54) is 17.0 Å². The molecule has 1 aliphatic heterocycles. The van der Waals surface area contributed by atoms with Crippen LogP contribution in [0.15, 0.2) is 24.3 Å². The fourth-order valence-corrected chi connectivity index (χ4v) is 2.72. The van der Waals surface area contributed by atoms with Crippen LogP contribution in [0.5, 0.6) is 0 Å². The third kappa shape index (κ3) is 4.89. The van der Waals surface area contributed by atoms with Crippen LogP contribution in [0.1, 0.15) is 43.6 Å². The summed E-state index contributed by atoms with van der Waals surface area (Å²) in [7, 11) is 0. The van der Waals surface area contributed by atoms with Gasteiger partial charge in [-0.25, -0.2) is 4.79 Å². The fourth-order valence-electron chi connectivity index (χ4n) is 2.72. The van der Waals surface area contributed by atoms with Crippen molar-refractivity contribution in [2.75, 3.05) is 19.6 Å². The number of carbonyl (C=O) groups excluding carboxylic acids is 2. The van der Waals surface area contributed by atoms with Gasteiger partial charge < -0.3 is 14.5 Å². The van der Waals surface area contributed by atoms with Gasteiger partial charge in [0, 0.05) is 31.2 Å². The van der Waals surface area contributed by atoms with E-state index in [4.69, 9.17) is 4.74 Å². The molecule has 0 bridgehead atoms. The molecule has 5 nitrogen and oxygen atoms in total. The van der Waals surface area contributed by atoms with Crippen molar-refractivity contribution in [3.8, 4) is 0 Å². The first kappa shape index (κ1) is 20.1. The normalized spacial score (nSPS) is 18.7. The highest BCUT2D eigenvalue weighted by atomic mass is 19.4. The number of hydrogen-bond acceptors (Lipinski definition) is 3. The third-order valence-corrected chi connectivity index (χ3v) is 4.00. The minimum atomic E-state index is -4.44. The predicted octanol–water partition coefficient (Wildman–Crippen LogP) is 3.79. The number of rotatable bonds is 1. The number of benzene rings is 1. The number of carbonyl (C=O) groups is 2. The molecule has 26 heavy (non-hydrogen) atoms. The molecule has 0 radical (unpaired) electrons. The quantitative estimate of drug-likeness (QED) is 0.754. The maximum Gasteiger partial charge on any atom is 0.416 e. The SMILES string of the molecule is CC1CN(C(=O)c2ccc(C(F)(F)F)cc2)CCN1C(=O)OC(C)(C)C. The van der Waals surface area contributed by atoms with Crippen LogP contribution in [-0.4, -0.2) is 53.1 Å². The molecule has 0 saturated carbocycles. The van der Waals surface area contributed by atoms with Crippen LogP contribution in [0.2, 0.25) is 0 Å². The molecule has 2 rings (SSSR count). The van der Waals surface area contributed by atoms with Gasteiger partial charge in [-0.1, -0.05) is 0 Å². The number of halogens is 3. The van der Waals surface area contributed by atoms with Crippen molar-refractivity contribution in [3.05, 3.63) is 35.4 Å². The molecule has 2 amide bonds. The lowest BCUT2D eigenvalue weighted by Gasteiger charge is -2.40. The van der Waals surface area contributed by atoms with E-state index in [9.17, 15) is 22.8 Å². The number of amides is 2. The van der Waals surface area contributed by atoms with Crippen molar-refractivity contribution < 1.29 is 27.5 Å². The van der Waals surface area contributed by atoms with Gasteiger partial charge in [-0.15, -0.1) is 0 Å². The standard InChI is InChI=1S/C18H23F3N2O3/c1-12-11-22(9-10-23(12)16(25)26-17(2,3)4)15(24)13-5-7-14(8-6-13)18(19,20)21/h5-8,12H,9-11H2,1-4H3. The Labute approximate surface area is 150 Å². The molecule has 1 heterocycles. The Morgan fingerprint density at radius 1 is 1.08 bits per heavy atom. The summed E-state index contributed by atoms with van der Waals surface area (Å²) in [6, 6.07) is 3.89. The van der Waals surface area contributed by atoms with E-state index in [0.29, 0.717) is 19.6 Å². The Morgan fingerprint density at radius 2 is 1.65 bits per heavy atom. The molecule has 0 N–H and O–H groups in total. The van der Waals surface area contributed by atoms with Gasteiger partial charge in [0.1, 0.15) is 5.60 Å². The Balaban J connectivity index is 2.02. The third-order valence-electron chi connectivity index (χ3n) is 4.00. The lowest BCUT2D eigenvalue weighted by molar-refractivity contribution is -0.137. The second-order valence-corrected chi connectivity index (χ2v) is 7.35. The van der Waals surface area contributed by atoms with E-state index in [2.05, 4.69) is 0 Å². The molecule has 0 aromatic heterocycles. The zero-order chi connectivity index (χ0) is 19.7. The smallest absolute Gasteiger partial charge is 0.416 e. The Hall–Kier alpha value is -2.25. The summed E-state index contributed by atoms with van der Waals surface area (Å²) in [5.74, 6) is -0.352. The lowest BCUT2D eigenvalue weighted by atomic mass is 10.1. The number of piperazine rings is 1. The van der Waals surface area contributed by atoms with Crippen molar-refractivity contribution >= 4 is 12.0 Å². The first-order valence-corrected chi connectivity index (χ1v) is 8.34. The molecule has 1 saturated heterocycles. The molecule has 1 aromatic rings. The first-order valence-electron chi connectivity index (χ1n) is 8.34. The van der Waals surface area contributed by atoms with Crippen LogP contribution in [0.4, 0.5) is 18.0 Å². The summed E-state index contributed by atoms with van der Waals surface area (Å²) in [6.45, 7) is 8.03. The molecule has 1 unspecified atom stereocenters. The lowest BCUT2D eigenvalue weighted by Crippen LogP contribution is -2.56. The summed E-state index contributed by atoms with van der Waals surface area (Å²) in [4.78, 5) is 27.8. The molecule has 0 aliphatic carbocycles.